The van der Waals surface area contributed by atoms with Crippen LogP contribution >= 0.6 is 0 Å². The summed E-state index contributed by atoms with van der Waals surface area (Å²) in [5, 5.41) is 10.9. The molecule has 0 bridgehead atoms. The number of fused-ring (bicyclic) bond motifs is 1. The van der Waals surface area contributed by atoms with Crippen LogP contribution in [0.1, 0.15) is 24.7 Å². The van der Waals surface area contributed by atoms with Crippen LogP contribution in [0.5, 0.6) is 0 Å². The number of rotatable bonds is 8. The molecule has 8 nitrogen and oxygen atoms in total. The summed E-state index contributed by atoms with van der Waals surface area (Å²) in [6, 6.07) is 16.5. The van der Waals surface area contributed by atoms with Crippen molar-refractivity contribution in [3.63, 3.8) is 0 Å². The van der Waals surface area contributed by atoms with E-state index in [-0.39, 0.29) is 0 Å². The van der Waals surface area contributed by atoms with Crippen LogP contribution in [-0.2, 0) is 13.1 Å². The molecule has 0 saturated heterocycles. The number of guanidine groups is 1. The highest BCUT2D eigenvalue weighted by Gasteiger charge is 2.06. The highest BCUT2D eigenvalue weighted by Crippen LogP contribution is 2.15. The van der Waals surface area contributed by atoms with Crippen LogP contribution in [0.3, 0.4) is 0 Å². The lowest BCUT2D eigenvalue weighted by atomic mass is 10.2. The molecule has 8 heteroatoms. The number of nitrogens with one attached hydrogen (secondary N) is 2. The van der Waals surface area contributed by atoms with Crippen molar-refractivity contribution < 1.29 is 0 Å². The Labute approximate surface area is 182 Å². The average molecular weight is 417 g/mol. The fourth-order valence-electron chi connectivity index (χ4n) is 3.53. The first-order valence-electron chi connectivity index (χ1n) is 10.6. The number of aromatic nitrogens is 5. The Balaban J connectivity index is 1.31. The second kappa shape index (κ2) is 9.88. The summed E-state index contributed by atoms with van der Waals surface area (Å²) in [6.07, 6.45) is 4.20. The molecule has 0 unspecified atom stereocenters. The molecule has 4 rings (SSSR count). The fraction of sp³-hybridized carbons (Fsp3) is 0.304. The number of nitrogens with zero attached hydrogens (tertiary/aromatic N) is 6. The third kappa shape index (κ3) is 5.09. The summed E-state index contributed by atoms with van der Waals surface area (Å²) >= 11 is 0. The summed E-state index contributed by atoms with van der Waals surface area (Å²) in [5.74, 6) is 1.88. The highest BCUT2D eigenvalue weighted by molar-refractivity contribution is 5.79. The van der Waals surface area contributed by atoms with Gasteiger partial charge in [-0.15, -0.1) is 0 Å². The van der Waals surface area contributed by atoms with Gasteiger partial charge >= 0.3 is 0 Å². The SMILES string of the molecule is CCNC(=NCc1ccc(-n2cncn2)cc1)NCCCn1c(C)nc2ccccc21. The maximum absolute atomic E-state index is 4.72. The Morgan fingerprint density at radius 2 is 1.90 bits per heavy atom. The van der Waals surface area contributed by atoms with E-state index in [0.717, 1.165) is 54.6 Å². The molecule has 0 fully saturated rings. The van der Waals surface area contributed by atoms with Crippen molar-refractivity contribution in [3.8, 4) is 5.69 Å². The molecule has 160 valence electrons. The number of aliphatic imine (C=N–C) groups is 1. The first-order chi connectivity index (χ1) is 15.2. The molecule has 0 aliphatic carbocycles. The smallest absolute Gasteiger partial charge is 0.191 e. The maximum atomic E-state index is 4.72. The summed E-state index contributed by atoms with van der Waals surface area (Å²) < 4.78 is 4.02. The van der Waals surface area contributed by atoms with Crippen LogP contribution in [0.25, 0.3) is 16.7 Å². The van der Waals surface area contributed by atoms with Gasteiger partial charge in [-0.05, 0) is 50.1 Å². The van der Waals surface area contributed by atoms with E-state index in [0.29, 0.717) is 6.54 Å². The molecule has 0 aliphatic heterocycles. The normalized spacial score (nSPS) is 11.7. The molecule has 0 radical (unpaired) electrons. The van der Waals surface area contributed by atoms with Crippen LogP contribution in [0, 0.1) is 6.92 Å². The number of imidazole rings is 1. The fourth-order valence-corrected chi connectivity index (χ4v) is 3.53. The molecule has 0 aliphatic rings. The Morgan fingerprint density at radius 1 is 1.06 bits per heavy atom. The summed E-state index contributed by atoms with van der Waals surface area (Å²) in [5.41, 5.74) is 4.37. The molecule has 31 heavy (non-hydrogen) atoms. The Kier molecular flexibility index (Phi) is 6.56. The lowest BCUT2D eigenvalue weighted by Crippen LogP contribution is -2.38. The zero-order chi connectivity index (χ0) is 21.5. The minimum absolute atomic E-state index is 0.609. The van der Waals surface area contributed by atoms with Crippen molar-refractivity contribution in [2.45, 2.75) is 33.4 Å². The van der Waals surface area contributed by atoms with Gasteiger partial charge < -0.3 is 15.2 Å². The van der Waals surface area contributed by atoms with Crippen LogP contribution in [0.2, 0.25) is 0 Å². The summed E-state index contributed by atoms with van der Waals surface area (Å²) in [7, 11) is 0. The number of para-hydroxylation sites is 2. The van der Waals surface area contributed by atoms with Crippen molar-refractivity contribution in [2.75, 3.05) is 13.1 Å². The van der Waals surface area contributed by atoms with Gasteiger partial charge in [0.1, 0.15) is 18.5 Å². The molecule has 2 aromatic carbocycles. The van der Waals surface area contributed by atoms with Gasteiger partial charge in [-0.3, -0.25) is 0 Å². The van der Waals surface area contributed by atoms with E-state index in [9.17, 15) is 0 Å². The van der Waals surface area contributed by atoms with Gasteiger partial charge in [-0.2, -0.15) is 5.10 Å². The molecule has 0 spiro atoms. The number of hydrogen-bond donors (Lipinski definition) is 2. The van der Waals surface area contributed by atoms with E-state index in [1.165, 1.54) is 11.8 Å². The Hall–Kier alpha value is -3.68. The topological polar surface area (TPSA) is 85.0 Å². The van der Waals surface area contributed by atoms with Gasteiger partial charge in [0.25, 0.3) is 0 Å². The molecule has 4 aromatic rings. The standard InChI is InChI=1S/C23H28N8/c1-3-25-23(27-15-19-9-11-20(12-10-19)31-17-24-16-28-31)26-13-6-14-30-18(2)29-21-7-4-5-8-22(21)30/h4-5,7-12,16-17H,3,6,13-15H2,1-2H3,(H2,25,26,27). The Morgan fingerprint density at radius 3 is 2.68 bits per heavy atom. The quantitative estimate of drug-likeness (QED) is 0.262. The van der Waals surface area contributed by atoms with E-state index in [1.807, 2.05) is 18.2 Å². The van der Waals surface area contributed by atoms with Crippen molar-refractivity contribution in [1.29, 1.82) is 0 Å². The van der Waals surface area contributed by atoms with Gasteiger partial charge in [-0.1, -0.05) is 24.3 Å². The molecular formula is C23H28N8. The van der Waals surface area contributed by atoms with Gasteiger partial charge in [-0.25, -0.2) is 19.6 Å². The van der Waals surface area contributed by atoms with Crippen molar-refractivity contribution >= 4 is 17.0 Å². The number of benzene rings is 2. The Bertz CT molecular complexity index is 1130. The molecule has 2 heterocycles. The lowest BCUT2D eigenvalue weighted by molar-refractivity contribution is 0.624. The first kappa shape index (κ1) is 20.6. The van der Waals surface area contributed by atoms with Crippen LogP contribution < -0.4 is 10.6 Å². The average Bonchev–Trinajstić information content (AvgIpc) is 3.43. The van der Waals surface area contributed by atoms with E-state index < -0.39 is 0 Å². The van der Waals surface area contributed by atoms with Crippen LogP contribution in [0.15, 0.2) is 66.2 Å². The van der Waals surface area contributed by atoms with E-state index >= 15 is 0 Å². The maximum Gasteiger partial charge on any atom is 0.191 e. The van der Waals surface area contributed by atoms with E-state index in [1.54, 1.807) is 11.0 Å². The van der Waals surface area contributed by atoms with Crippen molar-refractivity contribution in [1.82, 2.24) is 34.9 Å². The molecule has 2 N–H and O–H groups in total. The van der Waals surface area contributed by atoms with Crippen LogP contribution in [0.4, 0.5) is 0 Å². The largest absolute Gasteiger partial charge is 0.357 e. The third-order valence-corrected chi connectivity index (χ3v) is 5.08. The van der Waals surface area contributed by atoms with Crippen LogP contribution in [-0.4, -0.2) is 43.4 Å². The second-order valence-corrected chi connectivity index (χ2v) is 7.28. The minimum Gasteiger partial charge on any atom is -0.357 e. The highest BCUT2D eigenvalue weighted by atomic mass is 15.3. The predicted octanol–water partition coefficient (Wildman–Crippen LogP) is 3.07. The third-order valence-electron chi connectivity index (χ3n) is 5.08. The number of aryl methyl sites for hydroxylation is 2. The predicted molar refractivity (Wildman–Crippen MR) is 123 cm³/mol. The van der Waals surface area contributed by atoms with Gasteiger partial charge in [0.2, 0.25) is 0 Å². The van der Waals surface area contributed by atoms with E-state index in [4.69, 9.17) is 4.99 Å². The zero-order valence-corrected chi connectivity index (χ0v) is 18.0. The summed E-state index contributed by atoms with van der Waals surface area (Å²) in [4.78, 5) is 13.3. The summed E-state index contributed by atoms with van der Waals surface area (Å²) in [6.45, 7) is 7.32. The first-order valence-corrected chi connectivity index (χ1v) is 10.6. The van der Waals surface area contributed by atoms with Gasteiger partial charge in [0, 0.05) is 19.6 Å². The molecule has 0 atom stereocenters. The van der Waals surface area contributed by atoms with Crippen molar-refractivity contribution in [2.24, 2.45) is 4.99 Å². The zero-order valence-electron chi connectivity index (χ0n) is 18.0. The lowest BCUT2D eigenvalue weighted by Gasteiger charge is -2.12. The number of hydrogen-bond acceptors (Lipinski definition) is 4. The molecule has 0 amide bonds. The van der Waals surface area contributed by atoms with E-state index in [2.05, 4.69) is 74.4 Å². The molecular weight excluding hydrogens is 388 g/mol. The second-order valence-electron chi connectivity index (χ2n) is 7.28. The van der Waals surface area contributed by atoms with Crippen molar-refractivity contribution in [3.05, 3.63) is 72.6 Å². The van der Waals surface area contributed by atoms with Gasteiger partial charge in [0.15, 0.2) is 5.96 Å². The molecule has 0 saturated carbocycles. The monoisotopic (exact) mass is 416 g/mol. The molecule has 2 aromatic heterocycles. The van der Waals surface area contributed by atoms with Gasteiger partial charge in [0.05, 0.1) is 23.3 Å². The minimum atomic E-state index is 0.609.